The Bertz CT molecular complexity index is 231. The Labute approximate surface area is 87.1 Å². The summed E-state index contributed by atoms with van der Waals surface area (Å²) in [4.78, 5) is 19.8. The minimum Gasteiger partial charge on any atom is -0.480 e. The van der Waals surface area contributed by atoms with Crippen molar-refractivity contribution in [3.8, 4) is 0 Å². The van der Waals surface area contributed by atoms with Gasteiger partial charge in [0.15, 0.2) is 0 Å². The normalized spacial score (nSPS) is 22.7. The number of carbonyl (C=O) groups is 2. The average molecular weight is 220 g/mol. The number of hydrogen-bond acceptors (Lipinski definition) is 5. The molecule has 0 saturated carbocycles. The molecule has 5 N–H and O–H groups in total. The SMILES string of the molecule is CC(N)C(=O)O.O=C(O)C1CCCN1O. The van der Waals surface area contributed by atoms with Gasteiger partial charge in [-0.05, 0) is 19.8 Å². The molecule has 2 unspecified atom stereocenters. The van der Waals surface area contributed by atoms with Gasteiger partial charge in [-0.15, -0.1) is 0 Å². The molecule has 0 aromatic heterocycles. The van der Waals surface area contributed by atoms with E-state index < -0.39 is 24.0 Å². The molecule has 0 bridgehead atoms. The first kappa shape index (κ1) is 13.8. The molecule has 0 aromatic rings. The number of hydroxylamine groups is 2. The molecule has 1 saturated heterocycles. The number of rotatable bonds is 2. The monoisotopic (exact) mass is 220 g/mol. The highest BCUT2D eigenvalue weighted by molar-refractivity contribution is 5.73. The van der Waals surface area contributed by atoms with Crippen LogP contribution in [0.2, 0.25) is 0 Å². The third-order valence-electron chi connectivity index (χ3n) is 1.90. The lowest BCUT2D eigenvalue weighted by Gasteiger charge is -2.11. The summed E-state index contributed by atoms with van der Waals surface area (Å²) in [5.41, 5.74) is 4.84. The summed E-state index contributed by atoms with van der Waals surface area (Å²) >= 11 is 0. The maximum atomic E-state index is 10.2. The van der Waals surface area contributed by atoms with Crippen LogP contribution >= 0.6 is 0 Å². The summed E-state index contributed by atoms with van der Waals surface area (Å²) in [6, 6.07) is -1.39. The molecule has 0 spiro atoms. The number of carboxylic acids is 2. The molecule has 1 heterocycles. The van der Waals surface area contributed by atoms with Crippen LogP contribution in [0.25, 0.3) is 0 Å². The minimum absolute atomic E-state index is 0.483. The summed E-state index contributed by atoms with van der Waals surface area (Å²) in [6.07, 6.45) is 1.33. The summed E-state index contributed by atoms with van der Waals surface area (Å²) in [7, 11) is 0. The minimum atomic E-state index is -0.963. The van der Waals surface area contributed by atoms with Crippen molar-refractivity contribution in [1.82, 2.24) is 5.06 Å². The third-order valence-corrected chi connectivity index (χ3v) is 1.90. The Morgan fingerprint density at radius 2 is 1.93 bits per heavy atom. The van der Waals surface area contributed by atoms with Gasteiger partial charge in [-0.3, -0.25) is 9.59 Å². The highest BCUT2D eigenvalue weighted by Crippen LogP contribution is 2.13. The molecule has 0 aromatic carbocycles. The zero-order valence-corrected chi connectivity index (χ0v) is 8.46. The topological polar surface area (TPSA) is 124 Å². The van der Waals surface area contributed by atoms with E-state index >= 15 is 0 Å². The van der Waals surface area contributed by atoms with Crippen LogP contribution < -0.4 is 5.73 Å². The maximum absolute atomic E-state index is 10.2. The van der Waals surface area contributed by atoms with E-state index in [2.05, 4.69) is 0 Å². The second-order valence-corrected chi connectivity index (χ2v) is 3.29. The van der Waals surface area contributed by atoms with E-state index in [0.717, 1.165) is 11.5 Å². The lowest BCUT2D eigenvalue weighted by molar-refractivity contribution is -0.161. The van der Waals surface area contributed by atoms with Gasteiger partial charge in [0.25, 0.3) is 0 Å². The Morgan fingerprint density at radius 3 is 2.07 bits per heavy atom. The fraction of sp³-hybridized carbons (Fsp3) is 0.750. The van der Waals surface area contributed by atoms with E-state index in [4.69, 9.17) is 21.2 Å². The van der Waals surface area contributed by atoms with Gasteiger partial charge in [-0.25, -0.2) is 0 Å². The van der Waals surface area contributed by atoms with Crippen LogP contribution in [-0.4, -0.2) is 51.1 Å². The molecule has 0 radical (unpaired) electrons. The van der Waals surface area contributed by atoms with Crippen molar-refractivity contribution in [2.24, 2.45) is 5.73 Å². The smallest absolute Gasteiger partial charge is 0.323 e. The standard InChI is InChI=1S/C5H9NO3.C3H7NO2/c7-5(8)4-2-1-3-6(4)9;1-2(4)3(5)6/h4,9H,1-3H2,(H,7,8);2H,4H2,1H3,(H,5,6). The molecule has 1 fully saturated rings. The van der Waals surface area contributed by atoms with Gasteiger partial charge in [0.1, 0.15) is 12.1 Å². The predicted molar refractivity (Wildman–Crippen MR) is 50.4 cm³/mol. The number of nitrogens with two attached hydrogens (primary N) is 1. The quantitative estimate of drug-likeness (QED) is 0.487. The van der Waals surface area contributed by atoms with Crippen molar-refractivity contribution < 1.29 is 25.0 Å². The fourth-order valence-electron chi connectivity index (χ4n) is 1.00. The molecule has 88 valence electrons. The number of aliphatic carboxylic acids is 2. The average Bonchev–Trinajstić information content (AvgIpc) is 2.52. The van der Waals surface area contributed by atoms with Crippen LogP contribution in [0, 0.1) is 0 Å². The summed E-state index contributed by atoms with van der Waals surface area (Å²) in [6.45, 7) is 1.90. The molecule has 2 atom stereocenters. The van der Waals surface area contributed by atoms with E-state index in [1.54, 1.807) is 0 Å². The number of hydrogen-bond donors (Lipinski definition) is 4. The molecular weight excluding hydrogens is 204 g/mol. The first-order valence-electron chi connectivity index (χ1n) is 4.53. The molecule has 7 nitrogen and oxygen atoms in total. The van der Waals surface area contributed by atoms with Crippen molar-refractivity contribution >= 4 is 11.9 Å². The zero-order chi connectivity index (χ0) is 12.0. The number of carboxylic acid groups (broad SMARTS) is 2. The van der Waals surface area contributed by atoms with Crippen LogP contribution in [0.4, 0.5) is 0 Å². The van der Waals surface area contributed by atoms with Crippen molar-refractivity contribution in [1.29, 1.82) is 0 Å². The largest absolute Gasteiger partial charge is 0.480 e. The molecule has 1 aliphatic rings. The van der Waals surface area contributed by atoms with E-state index in [9.17, 15) is 9.59 Å². The van der Waals surface area contributed by atoms with Crippen molar-refractivity contribution in [2.45, 2.75) is 31.8 Å². The van der Waals surface area contributed by atoms with Gasteiger partial charge < -0.3 is 21.2 Å². The molecule has 0 aliphatic carbocycles. The van der Waals surface area contributed by atoms with E-state index in [1.807, 2.05) is 0 Å². The Hall–Kier alpha value is -1.18. The summed E-state index contributed by atoms with van der Waals surface area (Å²) < 4.78 is 0. The maximum Gasteiger partial charge on any atom is 0.323 e. The fourth-order valence-corrected chi connectivity index (χ4v) is 1.00. The van der Waals surface area contributed by atoms with E-state index in [0.29, 0.717) is 13.0 Å². The van der Waals surface area contributed by atoms with Crippen LogP contribution in [0.15, 0.2) is 0 Å². The van der Waals surface area contributed by atoms with Crippen LogP contribution in [0.1, 0.15) is 19.8 Å². The van der Waals surface area contributed by atoms with Crippen molar-refractivity contribution in [2.75, 3.05) is 6.54 Å². The highest BCUT2D eigenvalue weighted by atomic mass is 16.5. The van der Waals surface area contributed by atoms with Gasteiger partial charge in [0.2, 0.25) is 0 Å². The van der Waals surface area contributed by atoms with Gasteiger partial charge in [0, 0.05) is 6.54 Å². The van der Waals surface area contributed by atoms with Crippen molar-refractivity contribution in [3.05, 3.63) is 0 Å². The zero-order valence-electron chi connectivity index (χ0n) is 8.46. The lowest BCUT2D eigenvalue weighted by Crippen LogP contribution is -2.32. The molecule has 7 heteroatoms. The Kier molecular flexibility index (Phi) is 5.83. The summed E-state index contributed by atoms with van der Waals surface area (Å²) in [5, 5.41) is 25.9. The van der Waals surface area contributed by atoms with Gasteiger partial charge in [-0.1, -0.05) is 0 Å². The summed E-state index contributed by atoms with van der Waals surface area (Å²) in [5.74, 6) is -1.90. The molecule has 1 rings (SSSR count). The second kappa shape index (κ2) is 6.33. The number of nitrogens with zero attached hydrogens (tertiary/aromatic N) is 1. The molecular formula is C8H16N2O5. The van der Waals surface area contributed by atoms with Crippen LogP contribution in [0.3, 0.4) is 0 Å². The van der Waals surface area contributed by atoms with Crippen molar-refractivity contribution in [3.63, 3.8) is 0 Å². The molecule has 0 amide bonds. The molecule has 15 heavy (non-hydrogen) atoms. The Morgan fingerprint density at radius 1 is 1.47 bits per heavy atom. The highest BCUT2D eigenvalue weighted by Gasteiger charge is 2.28. The third kappa shape index (κ3) is 5.31. The molecule has 1 aliphatic heterocycles. The Balaban J connectivity index is 0.000000288. The van der Waals surface area contributed by atoms with Gasteiger partial charge >= 0.3 is 11.9 Å². The van der Waals surface area contributed by atoms with E-state index in [1.165, 1.54) is 6.92 Å². The first-order chi connectivity index (χ1) is 6.86. The van der Waals surface area contributed by atoms with E-state index in [-0.39, 0.29) is 0 Å². The lowest BCUT2D eigenvalue weighted by atomic mass is 10.2. The first-order valence-corrected chi connectivity index (χ1v) is 4.53. The van der Waals surface area contributed by atoms with Crippen LogP contribution in [-0.2, 0) is 9.59 Å². The second-order valence-electron chi connectivity index (χ2n) is 3.29. The predicted octanol–water partition coefficient (Wildman–Crippen LogP) is -0.657. The van der Waals surface area contributed by atoms with Gasteiger partial charge in [0.05, 0.1) is 0 Å². The van der Waals surface area contributed by atoms with Crippen LogP contribution in [0.5, 0.6) is 0 Å². The van der Waals surface area contributed by atoms with Gasteiger partial charge in [-0.2, -0.15) is 5.06 Å².